The van der Waals surface area contributed by atoms with E-state index in [2.05, 4.69) is 27.7 Å². The van der Waals surface area contributed by atoms with Crippen LogP contribution in [-0.4, -0.2) is 0 Å². The third-order valence-electron chi connectivity index (χ3n) is 3.30. The molecule has 0 aromatic rings. The quantitative estimate of drug-likeness (QED) is 0.568. The third-order valence-corrected chi connectivity index (χ3v) is 3.30. The normalized spacial score (nSPS) is 17.8. The lowest BCUT2D eigenvalue weighted by Gasteiger charge is -2.24. The van der Waals surface area contributed by atoms with Gasteiger partial charge in [0.1, 0.15) is 0 Å². The van der Waals surface area contributed by atoms with Crippen LogP contribution in [-0.2, 0) is 0 Å². The summed E-state index contributed by atoms with van der Waals surface area (Å²) in [7, 11) is 0. The van der Waals surface area contributed by atoms with E-state index in [0.29, 0.717) is 0 Å². The molecule has 1 aliphatic rings. The largest absolute Gasteiger partial charge is 0.0654 e. The molecule has 0 unspecified atom stereocenters. The molecule has 1 aliphatic carbocycles. The second-order valence-electron chi connectivity index (χ2n) is 5.00. The predicted molar refractivity (Wildman–Crippen MR) is 66.6 cm³/mol. The summed E-state index contributed by atoms with van der Waals surface area (Å²) < 4.78 is 0. The molecule has 1 saturated carbocycles. The van der Waals surface area contributed by atoms with Gasteiger partial charge in [0.05, 0.1) is 0 Å². The van der Waals surface area contributed by atoms with Gasteiger partial charge in [0.15, 0.2) is 0 Å². The average molecular weight is 198 g/mol. The van der Waals surface area contributed by atoms with Crippen molar-refractivity contribution < 1.29 is 0 Å². The molecule has 0 radical (unpaired) electrons. The molecule has 1 rings (SSSR count). The molecule has 0 N–H and O–H groups in total. The van der Waals surface area contributed by atoms with Gasteiger partial charge in [-0.05, 0) is 11.8 Å². The van der Waals surface area contributed by atoms with Crippen molar-refractivity contribution >= 4 is 0 Å². The minimum absolute atomic E-state index is 0.935. The first-order valence-electron chi connectivity index (χ1n) is 6.72. The highest BCUT2D eigenvalue weighted by atomic mass is 14.2. The standard InChI is InChI=1S/C9H18.C5H12/c1-8(2)9-6-4-3-5-7-9;1-3-5-4-2/h8-9H,3-7H2,1-2H3;3-5H2,1-2H3. The second-order valence-corrected chi connectivity index (χ2v) is 5.00. The van der Waals surface area contributed by atoms with Crippen molar-refractivity contribution in [1.82, 2.24) is 0 Å². The Morgan fingerprint density at radius 1 is 0.929 bits per heavy atom. The molecule has 14 heavy (non-hydrogen) atoms. The number of hydrogen-bond donors (Lipinski definition) is 0. The Bertz CT molecular complexity index is 96.6. The molecule has 0 atom stereocenters. The molecule has 0 heteroatoms. The highest BCUT2D eigenvalue weighted by molar-refractivity contribution is 4.67. The first-order valence-corrected chi connectivity index (χ1v) is 6.72. The Morgan fingerprint density at radius 3 is 1.64 bits per heavy atom. The van der Waals surface area contributed by atoms with Crippen LogP contribution in [0.25, 0.3) is 0 Å². The van der Waals surface area contributed by atoms with E-state index in [1.165, 1.54) is 51.4 Å². The smallest absolute Gasteiger partial charge is 0.0391 e. The van der Waals surface area contributed by atoms with Crippen molar-refractivity contribution in [3.63, 3.8) is 0 Å². The summed E-state index contributed by atoms with van der Waals surface area (Å²) in [4.78, 5) is 0. The van der Waals surface area contributed by atoms with Crippen LogP contribution in [0.2, 0.25) is 0 Å². The molecule has 0 bridgehead atoms. The van der Waals surface area contributed by atoms with E-state index in [1.807, 2.05) is 0 Å². The van der Waals surface area contributed by atoms with Gasteiger partial charge in [-0.2, -0.15) is 0 Å². The summed E-state index contributed by atoms with van der Waals surface area (Å²) >= 11 is 0. The van der Waals surface area contributed by atoms with E-state index in [9.17, 15) is 0 Å². The Morgan fingerprint density at radius 2 is 1.43 bits per heavy atom. The van der Waals surface area contributed by atoms with Crippen LogP contribution < -0.4 is 0 Å². The van der Waals surface area contributed by atoms with Gasteiger partial charge in [-0.25, -0.2) is 0 Å². The average Bonchev–Trinajstić information content (AvgIpc) is 2.21. The Labute approximate surface area is 91.5 Å². The SMILES string of the molecule is CC(C)C1CCCCC1.CCCCC. The fourth-order valence-corrected chi connectivity index (χ4v) is 2.15. The number of unbranched alkanes of at least 4 members (excludes halogenated alkanes) is 2. The molecule has 0 heterocycles. The Hall–Kier alpha value is 0. The van der Waals surface area contributed by atoms with Crippen LogP contribution >= 0.6 is 0 Å². The van der Waals surface area contributed by atoms with Gasteiger partial charge in [-0.1, -0.05) is 79.1 Å². The molecule has 1 fully saturated rings. The van der Waals surface area contributed by atoms with Crippen molar-refractivity contribution in [2.75, 3.05) is 0 Å². The van der Waals surface area contributed by atoms with Crippen molar-refractivity contribution in [3.8, 4) is 0 Å². The van der Waals surface area contributed by atoms with E-state index in [4.69, 9.17) is 0 Å². The molecule has 0 amide bonds. The topological polar surface area (TPSA) is 0 Å². The number of hydrogen-bond acceptors (Lipinski definition) is 0. The summed E-state index contributed by atoms with van der Waals surface area (Å²) in [6.07, 6.45) is 11.5. The predicted octanol–water partition coefficient (Wildman–Crippen LogP) is 5.42. The van der Waals surface area contributed by atoms with Gasteiger partial charge in [-0.3, -0.25) is 0 Å². The van der Waals surface area contributed by atoms with E-state index in [-0.39, 0.29) is 0 Å². The summed E-state index contributed by atoms with van der Waals surface area (Å²) in [6.45, 7) is 9.14. The van der Waals surface area contributed by atoms with E-state index >= 15 is 0 Å². The molecule has 0 aromatic carbocycles. The van der Waals surface area contributed by atoms with Crippen molar-refractivity contribution in [2.45, 2.75) is 79.1 Å². The molecule has 0 nitrogen and oxygen atoms in total. The monoisotopic (exact) mass is 198 g/mol. The fourth-order valence-electron chi connectivity index (χ4n) is 2.15. The van der Waals surface area contributed by atoms with Crippen LogP contribution in [0.5, 0.6) is 0 Å². The van der Waals surface area contributed by atoms with Gasteiger partial charge >= 0.3 is 0 Å². The van der Waals surface area contributed by atoms with Crippen molar-refractivity contribution in [3.05, 3.63) is 0 Å². The van der Waals surface area contributed by atoms with E-state index in [0.717, 1.165) is 11.8 Å². The molecule has 0 aromatic heterocycles. The van der Waals surface area contributed by atoms with Crippen LogP contribution in [0.3, 0.4) is 0 Å². The molecular formula is C14H30. The summed E-state index contributed by atoms with van der Waals surface area (Å²) in [5.74, 6) is 1.99. The zero-order valence-corrected chi connectivity index (χ0v) is 10.8. The Kier molecular flexibility index (Phi) is 9.55. The maximum Gasteiger partial charge on any atom is -0.0391 e. The van der Waals surface area contributed by atoms with Crippen molar-refractivity contribution in [2.24, 2.45) is 11.8 Å². The van der Waals surface area contributed by atoms with E-state index < -0.39 is 0 Å². The zero-order valence-electron chi connectivity index (χ0n) is 10.8. The highest BCUT2D eigenvalue weighted by Crippen LogP contribution is 2.29. The maximum absolute atomic E-state index is 2.36. The summed E-state index contributed by atoms with van der Waals surface area (Å²) in [6, 6.07) is 0. The van der Waals surface area contributed by atoms with Crippen LogP contribution in [0.1, 0.15) is 79.1 Å². The van der Waals surface area contributed by atoms with Gasteiger partial charge in [0.25, 0.3) is 0 Å². The molecular weight excluding hydrogens is 168 g/mol. The lowest BCUT2D eigenvalue weighted by molar-refractivity contribution is 0.279. The zero-order chi connectivity index (χ0) is 10.8. The maximum atomic E-state index is 2.36. The fraction of sp³-hybridized carbons (Fsp3) is 1.00. The van der Waals surface area contributed by atoms with Crippen LogP contribution in [0.15, 0.2) is 0 Å². The van der Waals surface area contributed by atoms with Crippen LogP contribution in [0.4, 0.5) is 0 Å². The first-order chi connectivity index (χ1) is 6.72. The first kappa shape index (κ1) is 14.0. The minimum Gasteiger partial charge on any atom is -0.0654 e. The second kappa shape index (κ2) is 9.55. The summed E-state index contributed by atoms with van der Waals surface area (Å²) in [5.41, 5.74) is 0. The van der Waals surface area contributed by atoms with Crippen molar-refractivity contribution in [1.29, 1.82) is 0 Å². The highest BCUT2D eigenvalue weighted by Gasteiger charge is 2.15. The number of rotatable bonds is 3. The summed E-state index contributed by atoms with van der Waals surface area (Å²) in [5, 5.41) is 0. The van der Waals surface area contributed by atoms with Gasteiger partial charge in [0, 0.05) is 0 Å². The molecule has 86 valence electrons. The van der Waals surface area contributed by atoms with Gasteiger partial charge in [-0.15, -0.1) is 0 Å². The van der Waals surface area contributed by atoms with E-state index in [1.54, 1.807) is 0 Å². The van der Waals surface area contributed by atoms with Crippen LogP contribution in [0, 0.1) is 11.8 Å². The van der Waals surface area contributed by atoms with Gasteiger partial charge < -0.3 is 0 Å². The lowest BCUT2D eigenvalue weighted by atomic mass is 9.82. The molecule has 0 spiro atoms. The Balaban J connectivity index is 0.000000292. The minimum atomic E-state index is 0.935. The molecule has 0 saturated heterocycles. The van der Waals surface area contributed by atoms with Gasteiger partial charge in [0.2, 0.25) is 0 Å². The molecule has 0 aliphatic heterocycles. The third kappa shape index (κ3) is 7.41. The lowest BCUT2D eigenvalue weighted by Crippen LogP contribution is -2.12.